The van der Waals surface area contributed by atoms with Gasteiger partial charge in [-0.15, -0.1) is 0 Å². The van der Waals surface area contributed by atoms with Crippen LogP contribution in [0.15, 0.2) is 58.3 Å². The lowest BCUT2D eigenvalue weighted by atomic mass is 10.2. The van der Waals surface area contributed by atoms with Gasteiger partial charge < -0.3 is 0 Å². The molecule has 20 heavy (non-hydrogen) atoms. The van der Waals surface area contributed by atoms with Crippen molar-refractivity contribution >= 4 is 21.6 Å². The number of aryl methyl sites for hydroxylation is 2. The van der Waals surface area contributed by atoms with Gasteiger partial charge in [-0.1, -0.05) is 35.4 Å². The largest absolute Gasteiger partial charge is 0.253 e. The quantitative estimate of drug-likeness (QED) is 0.865. The Morgan fingerprint density at radius 1 is 0.700 bits per heavy atom. The molecule has 0 aromatic heterocycles. The first kappa shape index (κ1) is 15.1. The molecule has 0 N–H and O–H groups in total. The molecule has 0 spiro atoms. The molecular weight excluding hydrogens is 288 g/mol. The SMILES string of the molecule is Cc1ccc(S(=O)C(C)S(=O)c2ccc(C)cc2)cc1. The van der Waals surface area contributed by atoms with Gasteiger partial charge in [-0.05, 0) is 45.0 Å². The third kappa shape index (κ3) is 3.44. The zero-order chi connectivity index (χ0) is 14.7. The van der Waals surface area contributed by atoms with Gasteiger partial charge >= 0.3 is 0 Å². The van der Waals surface area contributed by atoms with Crippen molar-refractivity contribution in [3.05, 3.63) is 59.7 Å². The van der Waals surface area contributed by atoms with E-state index in [2.05, 4.69) is 0 Å². The summed E-state index contributed by atoms with van der Waals surface area (Å²) < 4.78 is 24.5. The Morgan fingerprint density at radius 2 is 1.00 bits per heavy atom. The smallest absolute Gasteiger partial charge is 0.116 e. The minimum atomic E-state index is -1.27. The van der Waals surface area contributed by atoms with Crippen LogP contribution in [0.5, 0.6) is 0 Å². The number of hydrogen-bond donors (Lipinski definition) is 0. The second-order valence-electron chi connectivity index (χ2n) is 4.79. The number of hydrogen-bond acceptors (Lipinski definition) is 2. The van der Waals surface area contributed by atoms with Crippen LogP contribution in [0.4, 0.5) is 0 Å². The van der Waals surface area contributed by atoms with Crippen LogP contribution < -0.4 is 0 Å². The second kappa shape index (κ2) is 6.46. The Morgan fingerprint density at radius 3 is 1.30 bits per heavy atom. The van der Waals surface area contributed by atoms with E-state index in [-0.39, 0.29) is 0 Å². The van der Waals surface area contributed by atoms with Gasteiger partial charge in [-0.2, -0.15) is 0 Å². The number of benzene rings is 2. The summed E-state index contributed by atoms with van der Waals surface area (Å²) in [6, 6.07) is 15.1. The van der Waals surface area contributed by atoms with Crippen LogP contribution in [0.1, 0.15) is 18.1 Å². The van der Waals surface area contributed by atoms with Crippen LogP contribution in [0.25, 0.3) is 0 Å². The van der Waals surface area contributed by atoms with E-state index in [1.165, 1.54) is 0 Å². The highest BCUT2D eigenvalue weighted by Gasteiger charge is 2.21. The van der Waals surface area contributed by atoms with Crippen LogP contribution in [-0.4, -0.2) is 13.0 Å². The molecule has 2 unspecified atom stereocenters. The van der Waals surface area contributed by atoms with Crippen molar-refractivity contribution in [1.82, 2.24) is 0 Å². The molecule has 0 fully saturated rings. The van der Waals surface area contributed by atoms with Gasteiger partial charge in [0.25, 0.3) is 0 Å². The average molecular weight is 306 g/mol. The van der Waals surface area contributed by atoms with Gasteiger partial charge in [0, 0.05) is 9.79 Å². The lowest BCUT2D eigenvalue weighted by Crippen LogP contribution is -2.17. The maximum atomic E-state index is 12.5. The van der Waals surface area contributed by atoms with Gasteiger partial charge in [0.05, 0.1) is 21.6 Å². The summed E-state index contributed by atoms with van der Waals surface area (Å²) in [4.78, 5) is 1.45. The molecular formula is C16H18O2S2. The van der Waals surface area contributed by atoms with Gasteiger partial charge in [0.15, 0.2) is 0 Å². The molecule has 0 saturated carbocycles. The van der Waals surface area contributed by atoms with Crippen LogP contribution in [0.2, 0.25) is 0 Å². The summed E-state index contributed by atoms with van der Waals surface area (Å²) in [5.74, 6) is 0. The Labute approximate surface area is 125 Å². The van der Waals surface area contributed by atoms with E-state index < -0.39 is 26.2 Å². The Hall–Kier alpha value is -1.26. The highest BCUT2D eigenvalue weighted by molar-refractivity contribution is 8.03. The minimum absolute atomic E-state index is 0.430. The topological polar surface area (TPSA) is 34.1 Å². The first-order valence-electron chi connectivity index (χ1n) is 6.43. The molecule has 2 aromatic rings. The van der Waals surface area contributed by atoms with E-state index >= 15 is 0 Å². The molecule has 0 heterocycles. The van der Waals surface area contributed by atoms with Crippen molar-refractivity contribution < 1.29 is 8.42 Å². The molecule has 2 aromatic carbocycles. The monoisotopic (exact) mass is 306 g/mol. The van der Waals surface area contributed by atoms with E-state index in [0.29, 0.717) is 0 Å². The van der Waals surface area contributed by atoms with Crippen molar-refractivity contribution in [2.24, 2.45) is 0 Å². The molecule has 0 bridgehead atoms. The third-order valence-electron chi connectivity index (χ3n) is 3.11. The maximum absolute atomic E-state index is 12.5. The Bertz CT molecular complexity index is 573. The van der Waals surface area contributed by atoms with E-state index in [0.717, 1.165) is 20.9 Å². The molecule has 2 atom stereocenters. The van der Waals surface area contributed by atoms with Crippen LogP contribution in [0, 0.1) is 13.8 Å². The van der Waals surface area contributed by atoms with Gasteiger partial charge in [-0.3, -0.25) is 8.42 Å². The highest BCUT2D eigenvalue weighted by atomic mass is 32.2. The molecule has 0 aliphatic rings. The van der Waals surface area contributed by atoms with E-state index in [9.17, 15) is 8.42 Å². The van der Waals surface area contributed by atoms with Crippen molar-refractivity contribution in [2.75, 3.05) is 0 Å². The summed E-state index contributed by atoms with van der Waals surface area (Å²) >= 11 is 0. The van der Waals surface area contributed by atoms with E-state index in [1.54, 1.807) is 6.92 Å². The molecule has 0 aliphatic heterocycles. The highest BCUT2D eigenvalue weighted by Crippen LogP contribution is 2.19. The lowest BCUT2D eigenvalue weighted by Gasteiger charge is -2.12. The molecule has 0 saturated heterocycles. The fourth-order valence-corrected chi connectivity index (χ4v) is 4.68. The first-order chi connectivity index (χ1) is 9.49. The Balaban J connectivity index is 2.20. The van der Waals surface area contributed by atoms with Crippen LogP contribution in [0.3, 0.4) is 0 Å². The summed E-state index contributed by atoms with van der Waals surface area (Å²) in [6.07, 6.45) is 0. The minimum Gasteiger partial charge on any atom is -0.253 e. The number of rotatable bonds is 4. The molecule has 106 valence electrons. The van der Waals surface area contributed by atoms with Gasteiger partial charge in [0.2, 0.25) is 0 Å². The molecule has 0 amide bonds. The fourth-order valence-electron chi connectivity index (χ4n) is 1.81. The average Bonchev–Trinajstić information content (AvgIpc) is 2.46. The van der Waals surface area contributed by atoms with Gasteiger partial charge in [-0.25, -0.2) is 0 Å². The zero-order valence-corrected chi connectivity index (χ0v) is 13.5. The fraction of sp³-hybridized carbons (Fsp3) is 0.250. The second-order valence-corrected chi connectivity index (χ2v) is 8.63. The zero-order valence-electron chi connectivity index (χ0n) is 11.8. The van der Waals surface area contributed by atoms with E-state index in [4.69, 9.17) is 0 Å². The first-order valence-corrected chi connectivity index (χ1v) is 8.86. The summed E-state index contributed by atoms with van der Waals surface area (Å²) in [5.41, 5.74) is 2.25. The Kier molecular flexibility index (Phi) is 4.89. The lowest BCUT2D eigenvalue weighted by molar-refractivity contribution is 0.672. The summed E-state index contributed by atoms with van der Waals surface area (Å²) in [7, 11) is -2.55. The van der Waals surface area contributed by atoms with Crippen molar-refractivity contribution in [1.29, 1.82) is 0 Å². The van der Waals surface area contributed by atoms with Gasteiger partial charge in [0.1, 0.15) is 4.58 Å². The standard InChI is InChI=1S/C16H18O2S2/c1-12-4-8-15(9-5-12)19(17)14(3)20(18)16-10-6-13(2)7-11-16/h4-11,14H,1-3H3. The van der Waals surface area contributed by atoms with Crippen molar-refractivity contribution in [3.8, 4) is 0 Å². The summed E-state index contributed by atoms with van der Waals surface area (Å²) in [6.45, 7) is 5.74. The maximum Gasteiger partial charge on any atom is 0.116 e. The molecule has 4 heteroatoms. The summed E-state index contributed by atoms with van der Waals surface area (Å²) in [5, 5.41) is 0. The third-order valence-corrected chi connectivity index (χ3v) is 6.84. The predicted octanol–water partition coefficient (Wildman–Crippen LogP) is 3.56. The molecule has 0 radical (unpaired) electrons. The molecule has 2 nitrogen and oxygen atoms in total. The van der Waals surface area contributed by atoms with Crippen molar-refractivity contribution in [2.45, 2.75) is 35.1 Å². The predicted molar refractivity (Wildman–Crippen MR) is 84.6 cm³/mol. The van der Waals surface area contributed by atoms with Crippen LogP contribution in [-0.2, 0) is 21.6 Å². The van der Waals surface area contributed by atoms with Crippen molar-refractivity contribution in [3.63, 3.8) is 0 Å². The van der Waals surface area contributed by atoms with Crippen LogP contribution >= 0.6 is 0 Å². The molecule has 0 aliphatic carbocycles. The normalized spacial score (nSPS) is 15.6. The molecule has 2 rings (SSSR count). The van der Waals surface area contributed by atoms with E-state index in [1.807, 2.05) is 62.4 Å².